The molecule has 24 heavy (non-hydrogen) atoms. The molecule has 0 fully saturated rings. The topological polar surface area (TPSA) is 85.6 Å². The van der Waals surface area contributed by atoms with E-state index in [0.29, 0.717) is 30.5 Å². The molecule has 0 unspecified atom stereocenters. The first-order chi connectivity index (χ1) is 11.6. The molecule has 0 saturated carbocycles. The Kier molecular flexibility index (Phi) is 6.00. The highest BCUT2D eigenvalue weighted by molar-refractivity contribution is 5.79. The lowest BCUT2D eigenvalue weighted by Crippen LogP contribution is -2.36. The second-order valence-electron chi connectivity index (χ2n) is 5.19. The molecule has 1 heterocycles. The van der Waals surface area contributed by atoms with Crippen LogP contribution >= 0.6 is 0 Å². The second-order valence-corrected chi connectivity index (χ2v) is 5.19. The van der Waals surface area contributed by atoms with Crippen LogP contribution in [0.4, 0.5) is 0 Å². The van der Waals surface area contributed by atoms with Gasteiger partial charge in [-0.2, -0.15) is 0 Å². The van der Waals surface area contributed by atoms with Gasteiger partial charge in [0.15, 0.2) is 23.3 Å². The standard InChI is InChI=1S/C16H24N6O2/c1-11-20-21-15(22(11)3)10-19-16(17-2)18-9-12-6-7-13(23-4)14(8-12)24-5/h6-8H,9-10H2,1-5H3,(H2,17,18,19). The lowest BCUT2D eigenvalue weighted by molar-refractivity contribution is 0.354. The molecule has 1 aromatic carbocycles. The van der Waals surface area contributed by atoms with E-state index in [0.717, 1.165) is 17.2 Å². The average Bonchev–Trinajstić information content (AvgIpc) is 2.93. The fourth-order valence-corrected chi connectivity index (χ4v) is 2.16. The van der Waals surface area contributed by atoms with Crippen LogP contribution in [0, 0.1) is 6.92 Å². The Bertz CT molecular complexity index is 711. The summed E-state index contributed by atoms with van der Waals surface area (Å²) in [5.41, 5.74) is 1.06. The van der Waals surface area contributed by atoms with E-state index < -0.39 is 0 Å². The highest BCUT2D eigenvalue weighted by Gasteiger charge is 2.07. The summed E-state index contributed by atoms with van der Waals surface area (Å²) in [6.45, 7) is 3.07. The van der Waals surface area contributed by atoms with Crippen molar-refractivity contribution < 1.29 is 9.47 Å². The Morgan fingerprint density at radius 3 is 2.42 bits per heavy atom. The Morgan fingerprint density at radius 2 is 1.83 bits per heavy atom. The van der Waals surface area contributed by atoms with Gasteiger partial charge in [0, 0.05) is 20.6 Å². The molecule has 0 amide bonds. The van der Waals surface area contributed by atoms with Gasteiger partial charge in [0.05, 0.1) is 20.8 Å². The van der Waals surface area contributed by atoms with Crippen LogP contribution in [0.5, 0.6) is 11.5 Å². The molecular formula is C16H24N6O2. The maximum Gasteiger partial charge on any atom is 0.191 e. The van der Waals surface area contributed by atoms with Crippen molar-refractivity contribution in [2.75, 3.05) is 21.3 Å². The first-order valence-electron chi connectivity index (χ1n) is 7.59. The van der Waals surface area contributed by atoms with E-state index in [9.17, 15) is 0 Å². The molecule has 130 valence electrons. The monoisotopic (exact) mass is 332 g/mol. The number of nitrogens with one attached hydrogen (secondary N) is 2. The number of hydrogen-bond acceptors (Lipinski definition) is 5. The summed E-state index contributed by atoms with van der Waals surface area (Å²) in [5, 5.41) is 14.6. The first-order valence-corrected chi connectivity index (χ1v) is 7.59. The third-order valence-electron chi connectivity index (χ3n) is 3.73. The van der Waals surface area contributed by atoms with Gasteiger partial charge in [0.2, 0.25) is 0 Å². The molecule has 1 aromatic heterocycles. The predicted molar refractivity (Wildman–Crippen MR) is 92.3 cm³/mol. The van der Waals surface area contributed by atoms with Gasteiger partial charge in [0.25, 0.3) is 0 Å². The highest BCUT2D eigenvalue weighted by Crippen LogP contribution is 2.27. The second kappa shape index (κ2) is 8.19. The van der Waals surface area contributed by atoms with Crippen molar-refractivity contribution in [1.29, 1.82) is 0 Å². The summed E-state index contributed by atoms with van der Waals surface area (Å²) in [6.07, 6.45) is 0. The molecule has 0 aliphatic carbocycles. The smallest absolute Gasteiger partial charge is 0.191 e. The number of aromatic nitrogens is 3. The Morgan fingerprint density at radius 1 is 1.12 bits per heavy atom. The van der Waals surface area contributed by atoms with E-state index in [-0.39, 0.29) is 0 Å². The van der Waals surface area contributed by atoms with E-state index in [1.165, 1.54) is 0 Å². The predicted octanol–water partition coefficient (Wildman–Crippen LogP) is 1.01. The fourth-order valence-electron chi connectivity index (χ4n) is 2.16. The number of guanidine groups is 1. The number of aliphatic imine (C=N–C) groups is 1. The largest absolute Gasteiger partial charge is 0.493 e. The van der Waals surface area contributed by atoms with Crippen LogP contribution in [0.2, 0.25) is 0 Å². The Balaban J connectivity index is 1.93. The van der Waals surface area contributed by atoms with Gasteiger partial charge in [-0.05, 0) is 24.6 Å². The Hall–Kier alpha value is -2.77. The first kappa shape index (κ1) is 17.6. The maximum atomic E-state index is 5.31. The summed E-state index contributed by atoms with van der Waals surface area (Å²) in [5.74, 6) is 3.82. The van der Waals surface area contributed by atoms with Gasteiger partial charge < -0.3 is 24.7 Å². The third-order valence-corrected chi connectivity index (χ3v) is 3.73. The average molecular weight is 332 g/mol. The van der Waals surface area contributed by atoms with Crippen molar-refractivity contribution in [2.24, 2.45) is 12.0 Å². The molecule has 2 rings (SSSR count). The number of rotatable bonds is 6. The van der Waals surface area contributed by atoms with Crippen LogP contribution < -0.4 is 20.1 Å². The van der Waals surface area contributed by atoms with Crippen molar-refractivity contribution in [3.8, 4) is 11.5 Å². The van der Waals surface area contributed by atoms with Gasteiger partial charge in [-0.25, -0.2) is 0 Å². The zero-order chi connectivity index (χ0) is 17.5. The summed E-state index contributed by atoms with van der Waals surface area (Å²) in [7, 11) is 6.91. The molecule has 2 N–H and O–H groups in total. The quantitative estimate of drug-likeness (QED) is 0.606. The zero-order valence-corrected chi connectivity index (χ0v) is 14.8. The molecule has 0 aliphatic rings. The minimum Gasteiger partial charge on any atom is -0.493 e. The number of ether oxygens (including phenoxy) is 2. The normalized spacial score (nSPS) is 11.3. The molecule has 0 saturated heterocycles. The molecule has 2 aromatic rings. The van der Waals surface area contributed by atoms with Crippen LogP contribution in [0.1, 0.15) is 17.2 Å². The van der Waals surface area contributed by atoms with Crippen LogP contribution in [-0.2, 0) is 20.1 Å². The molecule has 0 radical (unpaired) electrons. The molecule has 0 spiro atoms. The van der Waals surface area contributed by atoms with Gasteiger partial charge in [0.1, 0.15) is 5.82 Å². The summed E-state index contributed by atoms with van der Waals surface area (Å²) in [6, 6.07) is 5.80. The van der Waals surface area contributed by atoms with E-state index >= 15 is 0 Å². The van der Waals surface area contributed by atoms with Crippen LogP contribution in [0.15, 0.2) is 23.2 Å². The van der Waals surface area contributed by atoms with Gasteiger partial charge in [-0.15, -0.1) is 10.2 Å². The summed E-state index contributed by atoms with van der Waals surface area (Å²) < 4.78 is 12.5. The molecule has 8 heteroatoms. The van der Waals surface area contributed by atoms with Crippen LogP contribution in [0.3, 0.4) is 0 Å². The minimum absolute atomic E-state index is 0.545. The zero-order valence-electron chi connectivity index (χ0n) is 14.8. The SMILES string of the molecule is CN=C(NCc1ccc(OC)c(OC)c1)NCc1nnc(C)n1C. The van der Waals surface area contributed by atoms with E-state index in [4.69, 9.17) is 9.47 Å². The highest BCUT2D eigenvalue weighted by atomic mass is 16.5. The van der Waals surface area contributed by atoms with Crippen molar-refractivity contribution in [2.45, 2.75) is 20.0 Å². The minimum atomic E-state index is 0.545. The van der Waals surface area contributed by atoms with Crippen molar-refractivity contribution in [3.63, 3.8) is 0 Å². The van der Waals surface area contributed by atoms with Crippen LogP contribution in [-0.4, -0.2) is 42.0 Å². The Labute approximate surface area is 141 Å². The van der Waals surface area contributed by atoms with Gasteiger partial charge in [-0.3, -0.25) is 4.99 Å². The number of nitrogens with zero attached hydrogens (tertiary/aromatic N) is 4. The maximum absolute atomic E-state index is 5.31. The summed E-state index contributed by atoms with van der Waals surface area (Å²) in [4.78, 5) is 4.21. The van der Waals surface area contributed by atoms with Crippen molar-refractivity contribution in [3.05, 3.63) is 35.4 Å². The number of methoxy groups -OCH3 is 2. The van der Waals surface area contributed by atoms with Gasteiger partial charge >= 0.3 is 0 Å². The molecule has 0 bridgehead atoms. The molecule has 0 aliphatic heterocycles. The van der Waals surface area contributed by atoms with E-state index in [1.54, 1.807) is 21.3 Å². The van der Waals surface area contributed by atoms with Crippen LogP contribution in [0.25, 0.3) is 0 Å². The van der Waals surface area contributed by atoms with E-state index in [1.807, 2.05) is 36.7 Å². The number of aryl methyl sites for hydroxylation is 1. The van der Waals surface area contributed by atoms with Crippen molar-refractivity contribution in [1.82, 2.24) is 25.4 Å². The molecular weight excluding hydrogens is 308 g/mol. The molecule has 0 atom stereocenters. The van der Waals surface area contributed by atoms with Gasteiger partial charge in [-0.1, -0.05) is 6.07 Å². The number of benzene rings is 1. The number of hydrogen-bond donors (Lipinski definition) is 2. The summed E-state index contributed by atoms with van der Waals surface area (Å²) >= 11 is 0. The fraction of sp³-hybridized carbons (Fsp3) is 0.438. The van der Waals surface area contributed by atoms with E-state index in [2.05, 4.69) is 25.8 Å². The molecule has 8 nitrogen and oxygen atoms in total. The third kappa shape index (κ3) is 4.15. The lowest BCUT2D eigenvalue weighted by Gasteiger charge is -2.13. The van der Waals surface area contributed by atoms with Crippen molar-refractivity contribution >= 4 is 5.96 Å². The lowest BCUT2D eigenvalue weighted by atomic mass is 10.2.